The number of nitrogens with zero attached hydrogens (tertiary/aromatic N) is 2. The fourth-order valence-electron chi connectivity index (χ4n) is 1.41. The number of hydrogen-bond acceptors (Lipinski definition) is 4. The van der Waals surface area contributed by atoms with Gasteiger partial charge in [0.05, 0.1) is 17.8 Å². The van der Waals surface area contributed by atoms with Crippen molar-refractivity contribution in [2.45, 2.75) is 6.92 Å². The predicted molar refractivity (Wildman–Crippen MR) is 62.1 cm³/mol. The molecule has 1 heterocycles. The summed E-state index contributed by atoms with van der Waals surface area (Å²) in [5.41, 5.74) is 5.31. The minimum Gasteiger partial charge on any atom is -0.478 e. The molecule has 1 aromatic rings. The molecule has 0 bridgehead atoms. The number of carboxylic acid groups (broad SMARTS) is 1. The zero-order valence-electron chi connectivity index (χ0n) is 10.0. The third kappa shape index (κ3) is 3.03. The molecule has 0 saturated carbocycles. The normalized spacial score (nSPS) is 9.89. The molecule has 0 aliphatic heterocycles. The smallest absolute Gasteiger partial charge is 0.337 e. The number of primary amides is 1. The Morgan fingerprint density at radius 1 is 1.39 bits per heavy atom. The van der Waals surface area contributed by atoms with Gasteiger partial charge in [0.1, 0.15) is 5.69 Å². The lowest BCUT2D eigenvalue weighted by Gasteiger charge is -2.14. The highest BCUT2D eigenvalue weighted by Crippen LogP contribution is 2.08. The van der Waals surface area contributed by atoms with Crippen LogP contribution in [-0.2, 0) is 4.79 Å². The van der Waals surface area contributed by atoms with Crippen molar-refractivity contribution in [1.82, 2.24) is 9.88 Å². The van der Waals surface area contributed by atoms with E-state index in [1.807, 2.05) is 0 Å². The number of carbonyl (C=O) groups is 3. The van der Waals surface area contributed by atoms with Crippen molar-refractivity contribution in [3.05, 3.63) is 29.1 Å². The first-order valence-corrected chi connectivity index (χ1v) is 5.07. The number of carbonyl (C=O) groups excluding carboxylic acids is 2. The van der Waals surface area contributed by atoms with Crippen molar-refractivity contribution in [1.29, 1.82) is 0 Å². The van der Waals surface area contributed by atoms with Crippen LogP contribution in [0.2, 0.25) is 0 Å². The summed E-state index contributed by atoms with van der Waals surface area (Å²) in [6, 6.07) is 2.60. The number of pyridine rings is 1. The van der Waals surface area contributed by atoms with Crippen LogP contribution in [0, 0.1) is 6.92 Å². The summed E-state index contributed by atoms with van der Waals surface area (Å²) in [7, 11) is 1.41. The third-order valence-corrected chi connectivity index (χ3v) is 2.28. The molecule has 0 aliphatic rings. The first-order chi connectivity index (χ1) is 8.32. The van der Waals surface area contributed by atoms with Gasteiger partial charge < -0.3 is 15.7 Å². The van der Waals surface area contributed by atoms with Crippen LogP contribution in [0.4, 0.5) is 0 Å². The maximum atomic E-state index is 11.8. The first kappa shape index (κ1) is 13.6. The molecule has 7 heteroatoms. The number of nitrogens with two attached hydrogens (primary N) is 1. The molecule has 0 saturated heterocycles. The van der Waals surface area contributed by atoms with Crippen LogP contribution in [0.15, 0.2) is 12.1 Å². The van der Waals surface area contributed by atoms with Crippen LogP contribution in [0.5, 0.6) is 0 Å². The van der Waals surface area contributed by atoms with Gasteiger partial charge in [0.15, 0.2) is 0 Å². The van der Waals surface area contributed by atoms with Gasteiger partial charge in [-0.3, -0.25) is 9.59 Å². The highest BCUT2D eigenvalue weighted by molar-refractivity contribution is 5.96. The summed E-state index contributed by atoms with van der Waals surface area (Å²) < 4.78 is 0. The summed E-state index contributed by atoms with van der Waals surface area (Å²) in [4.78, 5) is 38.3. The van der Waals surface area contributed by atoms with Gasteiger partial charge in [-0.15, -0.1) is 0 Å². The highest BCUT2D eigenvalue weighted by Gasteiger charge is 2.17. The Kier molecular flexibility index (Phi) is 3.98. The van der Waals surface area contributed by atoms with E-state index in [1.165, 1.54) is 26.1 Å². The van der Waals surface area contributed by atoms with E-state index in [4.69, 9.17) is 10.8 Å². The Balaban J connectivity index is 2.98. The van der Waals surface area contributed by atoms with Crippen LogP contribution in [0.1, 0.15) is 26.5 Å². The first-order valence-electron chi connectivity index (χ1n) is 5.07. The Labute approximate surface area is 103 Å². The van der Waals surface area contributed by atoms with Crippen LogP contribution in [-0.4, -0.2) is 46.4 Å². The second kappa shape index (κ2) is 5.26. The second-order valence-corrected chi connectivity index (χ2v) is 3.76. The number of amides is 2. The van der Waals surface area contributed by atoms with Gasteiger partial charge in [0.25, 0.3) is 5.91 Å². The molecule has 1 aromatic heterocycles. The number of likely N-dealkylation sites (N-methyl/N-ethyl adjacent to an activating group) is 1. The second-order valence-electron chi connectivity index (χ2n) is 3.76. The van der Waals surface area contributed by atoms with Gasteiger partial charge >= 0.3 is 5.97 Å². The zero-order chi connectivity index (χ0) is 13.9. The van der Waals surface area contributed by atoms with Crippen LogP contribution < -0.4 is 5.73 Å². The molecule has 1 rings (SSSR count). The molecule has 0 atom stereocenters. The summed E-state index contributed by atoms with van der Waals surface area (Å²) in [6.07, 6.45) is 0. The van der Waals surface area contributed by atoms with Crippen molar-refractivity contribution < 1.29 is 19.5 Å². The molecule has 7 nitrogen and oxygen atoms in total. The van der Waals surface area contributed by atoms with E-state index in [0.29, 0.717) is 0 Å². The molecule has 0 aromatic carbocycles. The van der Waals surface area contributed by atoms with Crippen molar-refractivity contribution in [2.75, 3.05) is 13.6 Å². The lowest BCUT2D eigenvalue weighted by molar-refractivity contribution is -0.118. The number of aromatic carboxylic acids is 1. The molecule has 0 unspecified atom stereocenters. The van der Waals surface area contributed by atoms with E-state index >= 15 is 0 Å². The topological polar surface area (TPSA) is 114 Å². The fourth-order valence-corrected chi connectivity index (χ4v) is 1.41. The molecule has 0 radical (unpaired) electrons. The third-order valence-electron chi connectivity index (χ3n) is 2.28. The van der Waals surface area contributed by atoms with Crippen molar-refractivity contribution >= 4 is 17.8 Å². The lowest BCUT2D eigenvalue weighted by Crippen LogP contribution is -2.35. The summed E-state index contributed by atoms with van der Waals surface area (Å²) in [6.45, 7) is 1.27. The van der Waals surface area contributed by atoms with E-state index in [-0.39, 0.29) is 23.5 Å². The Morgan fingerprint density at radius 3 is 2.44 bits per heavy atom. The van der Waals surface area contributed by atoms with E-state index in [1.54, 1.807) is 0 Å². The lowest BCUT2D eigenvalue weighted by atomic mass is 10.2. The Hall–Kier alpha value is -2.44. The van der Waals surface area contributed by atoms with Gasteiger partial charge in [-0.1, -0.05) is 0 Å². The van der Waals surface area contributed by atoms with Gasteiger partial charge in [0, 0.05) is 7.05 Å². The largest absolute Gasteiger partial charge is 0.478 e. The average molecular weight is 251 g/mol. The monoisotopic (exact) mass is 251 g/mol. The van der Waals surface area contributed by atoms with Gasteiger partial charge in [0.2, 0.25) is 5.91 Å². The summed E-state index contributed by atoms with van der Waals surface area (Å²) in [5.74, 6) is -2.23. The van der Waals surface area contributed by atoms with Gasteiger partial charge in [-0.25, -0.2) is 9.78 Å². The predicted octanol–water partition coefficient (Wildman–Crippen LogP) is -0.354. The molecule has 96 valence electrons. The van der Waals surface area contributed by atoms with Crippen LogP contribution in [0.25, 0.3) is 0 Å². The molecule has 2 amide bonds. The number of aromatic nitrogens is 1. The molecular weight excluding hydrogens is 238 g/mol. The zero-order valence-corrected chi connectivity index (χ0v) is 10.0. The average Bonchev–Trinajstić information content (AvgIpc) is 2.26. The fraction of sp³-hybridized carbons (Fsp3) is 0.273. The van der Waals surface area contributed by atoms with E-state index in [2.05, 4.69) is 4.98 Å². The van der Waals surface area contributed by atoms with Gasteiger partial charge in [-0.05, 0) is 19.1 Å². The Bertz CT molecular complexity index is 513. The van der Waals surface area contributed by atoms with Gasteiger partial charge in [-0.2, -0.15) is 0 Å². The number of carboxylic acids is 1. The maximum absolute atomic E-state index is 11.8. The summed E-state index contributed by atoms with van der Waals surface area (Å²) >= 11 is 0. The number of hydrogen-bond donors (Lipinski definition) is 2. The molecule has 0 spiro atoms. The molecular formula is C11H13N3O4. The van der Waals surface area contributed by atoms with Crippen LogP contribution in [0.3, 0.4) is 0 Å². The Morgan fingerprint density at radius 2 is 2.00 bits per heavy atom. The minimum atomic E-state index is -1.11. The molecule has 0 aliphatic carbocycles. The highest BCUT2D eigenvalue weighted by atomic mass is 16.4. The summed E-state index contributed by atoms with van der Waals surface area (Å²) in [5, 5.41) is 8.83. The van der Waals surface area contributed by atoms with Crippen molar-refractivity contribution in [2.24, 2.45) is 5.73 Å². The van der Waals surface area contributed by atoms with E-state index in [0.717, 1.165) is 4.90 Å². The maximum Gasteiger partial charge on any atom is 0.337 e. The SMILES string of the molecule is Cc1nc(C(=O)N(C)CC(N)=O)ccc1C(=O)O. The van der Waals surface area contributed by atoms with E-state index < -0.39 is 17.8 Å². The van der Waals surface area contributed by atoms with E-state index in [9.17, 15) is 14.4 Å². The minimum absolute atomic E-state index is 0.0316. The number of aryl methyl sites for hydroxylation is 1. The molecule has 18 heavy (non-hydrogen) atoms. The molecule has 3 N–H and O–H groups in total. The number of rotatable bonds is 4. The molecule has 0 fully saturated rings. The quantitative estimate of drug-likeness (QED) is 0.758. The van der Waals surface area contributed by atoms with Crippen molar-refractivity contribution in [3.63, 3.8) is 0 Å². The standard InChI is InChI=1S/C11H13N3O4/c1-6-7(11(17)18)3-4-8(13-6)10(16)14(2)5-9(12)15/h3-4H,5H2,1-2H3,(H2,12,15)(H,17,18). The van der Waals surface area contributed by atoms with Crippen LogP contribution >= 0.6 is 0 Å². The van der Waals surface area contributed by atoms with Crippen molar-refractivity contribution in [3.8, 4) is 0 Å².